The molecule has 23 heavy (non-hydrogen) atoms. The Labute approximate surface area is 143 Å². The van der Waals surface area contributed by atoms with E-state index < -0.39 is 24.0 Å². The van der Waals surface area contributed by atoms with Crippen LogP contribution in [0.3, 0.4) is 0 Å². The predicted molar refractivity (Wildman–Crippen MR) is 87.6 cm³/mol. The molecule has 1 atom stereocenters. The number of hydrogen-bond acceptors (Lipinski definition) is 5. The summed E-state index contributed by atoms with van der Waals surface area (Å²) in [4.78, 5) is 23.3. The van der Waals surface area contributed by atoms with Gasteiger partial charge in [-0.3, -0.25) is 4.79 Å². The molecule has 6 nitrogen and oxygen atoms in total. The van der Waals surface area contributed by atoms with Gasteiger partial charge in [-0.1, -0.05) is 29.8 Å². The number of hydrogen-bond donors (Lipinski definition) is 1. The van der Waals surface area contributed by atoms with Crippen molar-refractivity contribution in [2.75, 3.05) is 13.2 Å². The Kier molecular flexibility index (Phi) is 7.04. The second kappa shape index (κ2) is 8.53. The van der Waals surface area contributed by atoms with Gasteiger partial charge in [-0.2, -0.15) is 5.26 Å². The van der Waals surface area contributed by atoms with Gasteiger partial charge in [0.2, 0.25) is 0 Å². The van der Waals surface area contributed by atoms with Crippen LogP contribution in [-0.4, -0.2) is 30.6 Å². The standard InChI is InChI=1S/C16H19BrN2O4/c1-11(2)16(3,10-18)19-14(20)8-23-15(21)9-22-13-6-4-12(17)5-7-13/h4-7,11H,8-9H2,1-3H3,(H,19,20)/t16-/m1/s1. The highest BCUT2D eigenvalue weighted by atomic mass is 79.9. The van der Waals surface area contributed by atoms with Gasteiger partial charge in [0.1, 0.15) is 11.3 Å². The van der Waals surface area contributed by atoms with Crippen molar-refractivity contribution in [1.82, 2.24) is 5.32 Å². The van der Waals surface area contributed by atoms with E-state index in [4.69, 9.17) is 14.7 Å². The molecule has 124 valence electrons. The highest BCUT2D eigenvalue weighted by Gasteiger charge is 2.30. The summed E-state index contributed by atoms with van der Waals surface area (Å²) in [7, 11) is 0. The van der Waals surface area contributed by atoms with E-state index in [0.29, 0.717) is 5.75 Å². The van der Waals surface area contributed by atoms with E-state index >= 15 is 0 Å². The number of carbonyl (C=O) groups excluding carboxylic acids is 2. The summed E-state index contributed by atoms with van der Waals surface area (Å²) in [6.45, 7) is 4.51. The van der Waals surface area contributed by atoms with Crippen molar-refractivity contribution in [3.8, 4) is 11.8 Å². The highest BCUT2D eigenvalue weighted by molar-refractivity contribution is 9.10. The summed E-state index contributed by atoms with van der Waals surface area (Å²) in [6, 6.07) is 9.01. The van der Waals surface area contributed by atoms with E-state index in [-0.39, 0.29) is 12.5 Å². The van der Waals surface area contributed by atoms with Crippen LogP contribution in [0.2, 0.25) is 0 Å². The number of rotatable bonds is 7. The molecule has 0 spiro atoms. The number of esters is 1. The average Bonchev–Trinajstić information content (AvgIpc) is 2.52. The van der Waals surface area contributed by atoms with E-state index in [1.54, 1.807) is 31.2 Å². The molecule has 1 amide bonds. The minimum absolute atomic E-state index is 0.0760. The lowest BCUT2D eigenvalue weighted by Gasteiger charge is -2.27. The zero-order valence-electron chi connectivity index (χ0n) is 13.3. The first-order chi connectivity index (χ1) is 10.8. The molecule has 0 bridgehead atoms. The molecule has 0 saturated carbocycles. The lowest BCUT2D eigenvalue weighted by atomic mass is 9.90. The largest absolute Gasteiger partial charge is 0.482 e. The van der Waals surface area contributed by atoms with E-state index in [1.807, 2.05) is 19.9 Å². The topological polar surface area (TPSA) is 88.4 Å². The van der Waals surface area contributed by atoms with Crippen molar-refractivity contribution in [3.05, 3.63) is 28.7 Å². The summed E-state index contributed by atoms with van der Waals surface area (Å²) < 4.78 is 11.0. The number of halogens is 1. The maximum absolute atomic E-state index is 11.8. The fourth-order valence-electron chi connectivity index (χ4n) is 1.49. The second-order valence-electron chi connectivity index (χ2n) is 5.42. The third-order valence-corrected chi connectivity index (χ3v) is 3.85. The number of nitriles is 1. The molecule has 1 N–H and O–H groups in total. The molecule has 7 heteroatoms. The molecule has 0 fully saturated rings. The lowest BCUT2D eigenvalue weighted by molar-refractivity contribution is -0.150. The van der Waals surface area contributed by atoms with E-state index in [1.165, 1.54) is 0 Å². The minimum Gasteiger partial charge on any atom is -0.482 e. The Bertz CT molecular complexity index is 595. The van der Waals surface area contributed by atoms with Crippen LogP contribution in [0.4, 0.5) is 0 Å². The third-order valence-electron chi connectivity index (χ3n) is 3.32. The first kappa shape index (κ1) is 19.0. The van der Waals surface area contributed by atoms with Gasteiger partial charge in [-0.25, -0.2) is 4.79 Å². The molecule has 0 aliphatic rings. The van der Waals surface area contributed by atoms with E-state index in [2.05, 4.69) is 21.2 Å². The molecule has 0 heterocycles. The van der Waals surface area contributed by atoms with Gasteiger partial charge in [-0.05, 0) is 37.1 Å². The van der Waals surface area contributed by atoms with Gasteiger partial charge in [0.05, 0.1) is 6.07 Å². The van der Waals surface area contributed by atoms with Gasteiger partial charge in [0.25, 0.3) is 5.91 Å². The fraction of sp³-hybridized carbons (Fsp3) is 0.438. The fourth-order valence-corrected chi connectivity index (χ4v) is 1.75. The zero-order chi connectivity index (χ0) is 17.5. The van der Waals surface area contributed by atoms with Crippen molar-refractivity contribution in [2.45, 2.75) is 26.3 Å². The molecule has 1 rings (SSSR count). The normalized spacial score (nSPS) is 12.9. The summed E-state index contributed by atoms with van der Waals surface area (Å²) in [5, 5.41) is 11.7. The minimum atomic E-state index is -1.00. The number of ether oxygens (including phenoxy) is 2. The van der Waals surface area contributed by atoms with Crippen molar-refractivity contribution in [3.63, 3.8) is 0 Å². The van der Waals surface area contributed by atoms with Crippen LogP contribution in [0.1, 0.15) is 20.8 Å². The van der Waals surface area contributed by atoms with Crippen LogP contribution in [0.5, 0.6) is 5.75 Å². The number of carbonyl (C=O) groups is 2. The number of nitrogens with zero attached hydrogens (tertiary/aromatic N) is 1. The number of amides is 1. The first-order valence-electron chi connectivity index (χ1n) is 7.03. The van der Waals surface area contributed by atoms with Crippen LogP contribution in [-0.2, 0) is 14.3 Å². The molecule has 0 aromatic heterocycles. The first-order valence-corrected chi connectivity index (χ1v) is 7.82. The summed E-state index contributed by atoms with van der Waals surface area (Å²) in [6.07, 6.45) is 0. The van der Waals surface area contributed by atoms with Gasteiger partial charge in [0.15, 0.2) is 13.2 Å². The van der Waals surface area contributed by atoms with E-state index in [0.717, 1.165) is 4.47 Å². The smallest absolute Gasteiger partial charge is 0.344 e. The zero-order valence-corrected chi connectivity index (χ0v) is 14.8. The molecule has 0 saturated heterocycles. The van der Waals surface area contributed by atoms with Crippen LogP contribution in [0.15, 0.2) is 28.7 Å². The van der Waals surface area contributed by atoms with Gasteiger partial charge < -0.3 is 14.8 Å². The predicted octanol–water partition coefficient (Wildman–Crippen LogP) is 2.43. The summed E-state index contributed by atoms with van der Waals surface area (Å²) >= 11 is 3.29. The van der Waals surface area contributed by atoms with Gasteiger partial charge in [0, 0.05) is 4.47 Å². The van der Waals surface area contributed by atoms with Crippen LogP contribution >= 0.6 is 15.9 Å². The van der Waals surface area contributed by atoms with Gasteiger partial charge in [-0.15, -0.1) is 0 Å². The van der Waals surface area contributed by atoms with Crippen molar-refractivity contribution in [2.24, 2.45) is 5.92 Å². The molecule has 0 aliphatic heterocycles. The Morgan fingerprint density at radius 2 is 1.91 bits per heavy atom. The molecule has 0 aliphatic carbocycles. The second-order valence-corrected chi connectivity index (χ2v) is 6.34. The van der Waals surface area contributed by atoms with Crippen LogP contribution < -0.4 is 10.1 Å². The Balaban J connectivity index is 2.37. The molecular formula is C16H19BrN2O4. The van der Waals surface area contributed by atoms with E-state index in [9.17, 15) is 9.59 Å². The average molecular weight is 383 g/mol. The van der Waals surface area contributed by atoms with Gasteiger partial charge >= 0.3 is 5.97 Å². The number of benzene rings is 1. The van der Waals surface area contributed by atoms with Crippen molar-refractivity contribution < 1.29 is 19.1 Å². The molecule has 1 aromatic rings. The molecule has 0 radical (unpaired) electrons. The van der Waals surface area contributed by atoms with Crippen LogP contribution in [0.25, 0.3) is 0 Å². The quantitative estimate of drug-likeness (QED) is 0.731. The molecule has 0 unspecified atom stereocenters. The summed E-state index contributed by atoms with van der Waals surface area (Å²) in [5.74, 6) is -0.745. The monoisotopic (exact) mass is 382 g/mol. The number of nitrogens with one attached hydrogen (secondary N) is 1. The lowest BCUT2D eigenvalue weighted by Crippen LogP contribution is -2.50. The maximum atomic E-state index is 11.8. The summed E-state index contributed by atoms with van der Waals surface area (Å²) in [5.41, 5.74) is -1.00. The third kappa shape index (κ3) is 6.28. The molecular weight excluding hydrogens is 364 g/mol. The Hall–Kier alpha value is -2.07. The highest BCUT2D eigenvalue weighted by Crippen LogP contribution is 2.16. The van der Waals surface area contributed by atoms with Crippen molar-refractivity contribution >= 4 is 27.8 Å². The maximum Gasteiger partial charge on any atom is 0.344 e. The van der Waals surface area contributed by atoms with Crippen LogP contribution in [0, 0.1) is 17.2 Å². The Morgan fingerprint density at radius 3 is 2.43 bits per heavy atom. The van der Waals surface area contributed by atoms with Crippen molar-refractivity contribution in [1.29, 1.82) is 5.26 Å². The SMILES string of the molecule is CC(C)[C@@](C)(C#N)NC(=O)COC(=O)COc1ccc(Br)cc1. The Morgan fingerprint density at radius 1 is 1.30 bits per heavy atom. The molecule has 1 aromatic carbocycles.